The number of carbonyl (C=O) groups is 1. The van der Waals surface area contributed by atoms with Crippen LogP contribution in [0.5, 0.6) is 0 Å². The smallest absolute Gasteiger partial charge is 0.223 e. The van der Waals surface area contributed by atoms with E-state index in [4.69, 9.17) is 0 Å². The third-order valence-electron chi connectivity index (χ3n) is 3.55. The Morgan fingerprint density at radius 3 is 2.33 bits per heavy atom. The molecule has 0 aliphatic carbocycles. The van der Waals surface area contributed by atoms with E-state index in [1.165, 1.54) is 6.42 Å². The monoisotopic (exact) mass is 256 g/mol. The van der Waals surface area contributed by atoms with E-state index in [0.29, 0.717) is 19.0 Å². The van der Waals surface area contributed by atoms with Crippen molar-refractivity contribution in [3.8, 4) is 0 Å². The average molecular weight is 256 g/mol. The van der Waals surface area contributed by atoms with Crippen LogP contribution in [0.15, 0.2) is 0 Å². The molecule has 1 aliphatic rings. The first kappa shape index (κ1) is 15.4. The number of hydrogen-bond donors (Lipinski definition) is 1. The lowest BCUT2D eigenvalue weighted by molar-refractivity contribution is -0.132. The van der Waals surface area contributed by atoms with Crippen LogP contribution in [-0.2, 0) is 4.79 Å². The van der Waals surface area contributed by atoms with E-state index < -0.39 is 0 Å². The maximum Gasteiger partial charge on any atom is 0.223 e. The van der Waals surface area contributed by atoms with Crippen LogP contribution in [0.25, 0.3) is 0 Å². The van der Waals surface area contributed by atoms with Gasteiger partial charge >= 0.3 is 0 Å². The molecule has 0 aromatic carbocycles. The molecule has 1 atom stereocenters. The molecule has 1 amide bonds. The molecule has 1 N–H and O–H groups in total. The van der Waals surface area contributed by atoms with Crippen molar-refractivity contribution in [2.75, 3.05) is 26.2 Å². The van der Waals surface area contributed by atoms with Crippen molar-refractivity contribution < 1.29 is 9.90 Å². The highest BCUT2D eigenvalue weighted by Gasteiger charge is 2.18. The summed E-state index contributed by atoms with van der Waals surface area (Å²) in [6.45, 7) is 9.25. The molecule has 0 aromatic heterocycles. The highest BCUT2D eigenvalue weighted by Crippen LogP contribution is 2.11. The Balaban J connectivity index is 2.33. The van der Waals surface area contributed by atoms with Gasteiger partial charge in [-0.15, -0.1) is 0 Å². The van der Waals surface area contributed by atoms with Gasteiger partial charge in [-0.05, 0) is 40.0 Å². The van der Waals surface area contributed by atoms with Crippen LogP contribution in [0, 0.1) is 0 Å². The lowest BCUT2D eigenvalue weighted by Crippen LogP contribution is -2.41. The third-order valence-corrected chi connectivity index (χ3v) is 3.55. The van der Waals surface area contributed by atoms with Crippen LogP contribution < -0.4 is 0 Å². The SMILES string of the molecule is CC(O)CN(CCC(=O)N1CCCCC1)C(C)C. The zero-order chi connectivity index (χ0) is 13.5. The van der Waals surface area contributed by atoms with E-state index in [2.05, 4.69) is 18.7 Å². The Kier molecular flexibility index (Phi) is 6.65. The first-order chi connectivity index (χ1) is 8.50. The summed E-state index contributed by atoms with van der Waals surface area (Å²) in [5.41, 5.74) is 0. The van der Waals surface area contributed by atoms with Gasteiger partial charge in [0.15, 0.2) is 0 Å². The second-order valence-corrected chi connectivity index (χ2v) is 5.63. The predicted molar refractivity (Wildman–Crippen MR) is 73.4 cm³/mol. The molecule has 1 rings (SSSR count). The van der Waals surface area contributed by atoms with Crippen LogP contribution in [0.2, 0.25) is 0 Å². The molecule has 4 heteroatoms. The van der Waals surface area contributed by atoms with Crippen molar-refractivity contribution in [3.05, 3.63) is 0 Å². The number of carbonyl (C=O) groups excluding carboxylic acids is 1. The van der Waals surface area contributed by atoms with Crippen LogP contribution in [-0.4, -0.2) is 59.1 Å². The molecule has 106 valence electrons. The number of nitrogens with zero attached hydrogens (tertiary/aromatic N) is 2. The Hall–Kier alpha value is -0.610. The molecule has 0 aromatic rings. The quantitative estimate of drug-likeness (QED) is 0.783. The summed E-state index contributed by atoms with van der Waals surface area (Å²) in [5, 5.41) is 9.45. The molecule has 0 spiro atoms. The molecule has 1 unspecified atom stereocenters. The second-order valence-electron chi connectivity index (χ2n) is 5.63. The maximum absolute atomic E-state index is 12.0. The minimum absolute atomic E-state index is 0.269. The molecule has 18 heavy (non-hydrogen) atoms. The van der Waals surface area contributed by atoms with E-state index in [9.17, 15) is 9.90 Å². The number of amides is 1. The van der Waals surface area contributed by atoms with Crippen LogP contribution in [0.1, 0.15) is 46.5 Å². The van der Waals surface area contributed by atoms with Gasteiger partial charge < -0.3 is 10.0 Å². The van der Waals surface area contributed by atoms with Gasteiger partial charge in [0.1, 0.15) is 0 Å². The summed E-state index contributed by atoms with van der Waals surface area (Å²) in [5.74, 6) is 0.269. The maximum atomic E-state index is 12.0. The van der Waals surface area contributed by atoms with Gasteiger partial charge in [-0.1, -0.05) is 0 Å². The summed E-state index contributed by atoms with van der Waals surface area (Å²) in [7, 11) is 0. The van der Waals surface area contributed by atoms with E-state index in [1.54, 1.807) is 6.92 Å². The number of rotatable bonds is 6. The van der Waals surface area contributed by atoms with Crippen molar-refractivity contribution in [3.63, 3.8) is 0 Å². The van der Waals surface area contributed by atoms with Gasteiger partial charge in [0, 0.05) is 38.6 Å². The minimum Gasteiger partial charge on any atom is -0.392 e. The lowest BCUT2D eigenvalue weighted by Gasteiger charge is -2.30. The molecule has 1 fully saturated rings. The fourth-order valence-corrected chi connectivity index (χ4v) is 2.44. The molecule has 0 radical (unpaired) electrons. The molecular weight excluding hydrogens is 228 g/mol. The van der Waals surface area contributed by atoms with E-state index in [-0.39, 0.29) is 12.0 Å². The molecular formula is C14H28N2O2. The Morgan fingerprint density at radius 2 is 1.83 bits per heavy atom. The van der Waals surface area contributed by atoms with E-state index >= 15 is 0 Å². The van der Waals surface area contributed by atoms with Gasteiger partial charge in [0.25, 0.3) is 0 Å². The lowest BCUT2D eigenvalue weighted by atomic mass is 10.1. The molecule has 0 saturated carbocycles. The van der Waals surface area contributed by atoms with Gasteiger partial charge in [-0.3, -0.25) is 9.69 Å². The topological polar surface area (TPSA) is 43.8 Å². The summed E-state index contributed by atoms with van der Waals surface area (Å²) in [6, 6.07) is 0.369. The molecule has 1 heterocycles. The standard InChI is InChI=1S/C14H28N2O2/c1-12(2)16(11-13(3)17)10-7-14(18)15-8-5-4-6-9-15/h12-13,17H,4-11H2,1-3H3. The Bertz CT molecular complexity index is 248. The third kappa shape index (κ3) is 5.36. The van der Waals surface area contributed by atoms with Gasteiger partial charge in [-0.2, -0.15) is 0 Å². The van der Waals surface area contributed by atoms with Crippen molar-refractivity contribution in [2.45, 2.75) is 58.6 Å². The number of aliphatic hydroxyl groups excluding tert-OH is 1. The Morgan fingerprint density at radius 1 is 1.22 bits per heavy atom. The zero-order valence-electron chi connectivity index (χ0n) is 12.1. The number of likely N-dealkylation sites (tertiary alicyclic amines) is 1. The summed E-state index contributed by atoms with van der Waals surface area (Å²) >= 11 is 0. The molecule has 1 aliphatic heterocycles. The van der Waals surface area contributed by atoms with Crippen molar-refractivity contribution in [2.24, 2.45) is 0 Å². The summed E-state index contributed by atoms with van der Waals surface area (Å²) in [4.78, 5) is 16.2. The van der Waals surface area contributed by atoms with Gasteiger partial charge in [-0.25, -0.2) is 0 Å². The van der Waals surface area contributed by atoms with Crippen LogP contribution in [0.4, 0.5) is 0 Å². The van der Waals surface area contributed by atoms with Crippen LogP contribution in [0.3, 0.4) is 0 Å². The highest BCUT2D eigenvalue weighted by atomic mass is 16.3. The van der Waals surface area contributed by atoms with Gasteiger partial charge in [0.05, 0.1) is 6.10 Å². The van der Waals surface area contributed by atoms with Crippen molar-refractivity contribution in [1.29, 1.82) is 0 Å². The summed E-state index contributed by atoms with van der Waals surface area (Å²) in [6.07, 6.45) is 3.78. The predicted octanol–water partition coefficient (Wildman–Crippen LogP) is 1.48. The second kappa shape index (κ2) is 7.74. The molecule has 1 saturated heterocycles. The number of piperidine rings is 1. The van der Waals surface area contributed by atoms with Crippen LogP contribution >= 0.6 is 0 Å². The average Bonchev–Trinajstić information content (AvgIpc) is 2.34. The van der Waals surface area contributed by atoms with Crippen molar-refractivity contribution >= 4 is 5.91 Å². The largest absolute Gasteiger partial charge is 0.392 e. The normalized spacial score (nSPS) is 18.4. The van der Waals surface area contributed by atoms with E-state index in [0.717, 1.165) is 32.5 Å². The molecule has 4 nitrogen and oxygen atoms in total. The zero-order valence-corrected chi connectivity index (χ0v) is 12.1. The van der Waals surface area contributed by atoms with Crippen molar-refractivity contribution in [1.82, 2.24) is 9.80 Å². The first-order valence-corrected chi connectivity index (χ1v) is 7.20. The van der Waals surface area contributed by atoms with Gasteiger partial charge in [0.2, 0.25) is 5.91 Å². The highest BCUT2D eigenvalue weighted by molar-refractivity contribution is 5.76. The molecule has 0 bridgehead atoms. The minimum atomic E-state index is -0.336. The fourth-order valence-electron chi connectivity index (χ4n) is 2.44. The first-order valence-electron chi connectivity index (χ1n) is 7.20. The number of aliphatic hydroxyl groups is 1. The fraction of sp³-hybridized carbons (Fsp3) is 0.929. The summed E-state index contributed by atoms with van der Waals surface area (Å²) < 4.78 is 0. The van der Waals surface area contributed by atoms with E-state index in [1.807, 2.05) is 4.90 Å². The number of hydrogen-bond acceptors (Lipinski definition) is 3. The Labute approximate surface area is 111 Å².